The molecule has 1 N–H and O–H groups in total. The van der Waals surface area contributed by atoms with E-state index in [9.17, 15) is 13.2 Å². The summed E-state index contributed by atoms with van der Waals surface area (Å²) in [7, 11) is -3.48. The number of hydrogen-bond acceptors (Lipinski definition) is 5. The third-order valence-corrected chi connectivity index (χ3v) is 7.38. The molecule has 2 rings (SSSR count). The first-order valence-corrected chi connectivity index (χ1v) is 10.4. The Hall–Kier alpha value is -0.480. The molecule has 1 heterocycles. The highest BCUT2D eigenvalue weighted by Gasteiger charge is 2.21. The van der Waals surface area contributed by atoms with Crippen molar-refractivity contribution in [3.8, 4) is 0 Å². The monoisotopic (exact) mass is 486 g/mol. The number of rotatable bonds is 3. The number of sulfone groups is 1. The second-order valence-electron chi connectivity index (χ2n) is 4.41. The number of benzene rings is 1. The van der Waals surface area contributed by atoms with Gasteiger partial charge < -0.3 is 0 Å². The third kappa shape index (κ3) is 3.88. The van der Waals surface area contributed by atoms with Gasteiger partial charge >= 0.3 is 0 Å². The Morgan fingerprint density at radius 1 is 1.36 bits per heavy atom. The van der Waals surface area contributed by atoms with E-state index in [1.807, 2.05) is 13.0 Å². The highest BCUT2D eigenvalue weighted by molar-refractivity contribution is 9.11. The van der Waals surface area contributed by atoms with Crippen molar-refractivity contribution in [3.63, 3.8) is 0 Å². The predicted octanol–water partition coefficient (Wildman–Crippen LogP) is 4.29. The molecule has 1 aromatic heterocycles. The summed E-state index contributed by atoms with van der Waals surface area (Å²) < 4.78 is 24.4. The molecule has 0 atom stereocenters. The molecule has 22 heavy (non-hydrogen) atoms. The minimum atomic E-state index is -3.48. The second kappa shape index (κ2) is 6.56. The number of carbonyl (C=O) groups is 1. The summed E-state index contributed by atoms with van der Waals surface area (Å²) in [6.07, 6.45) is 1.03. The van der Waals surface area contributed by atoms with E-state index >= 15 is 0 Å². The van der Waals surface area contributed by atoms with Crippen LogP contribution in [0.1, 0.15) is 15.9 Å². The lowest BCUT2D eigenvalue weighted by Crippen LogP contribution is -2.13. The van der Waals surface area contributed by atoms with Crippen LogP contribution in [-0.4, -0.2) is 25.6 Å². The van der Waals surface area contributed by atoms with Crippen molar-refractivity contribution in [1.82, 2.24) is 4.98 Å². The summed E-state index contributed by atoms with van der Waals surface area (Å²) >= 11 is 13.3. The summed E-state index contributed by atoms with van der Waals surface area (Å²) in [5.41, 5.74) is 1.28. The Morgan fingerprint density at radius 2 is 2.00 bits per heavy atom. The number of halogens is 3. The van der Waals surface area contributed by atoms with Crippen molar-refractivity contribution in [1.29, 1.82) is 0 Å². The fourth-order valence-corrected chi connectivity index (χ4v) is 5.06. The highest BCUT2D eigenvalue weighted by Crippen LogP contribution is 2.32. The van der Waals surface area contributed by atoms with Crippen LogP contribution in [0.3, 0.4) is 0 Å². The number of nitrogens with one attached hydrogen (secondary N) is 1. The average molecular weight is 489 g/mol. The summed E-state index contributed by atoms with van der Waals surface area (Å²) in [4.78, 5) is 16.2. The van der Waals surface area contributed by atoms with Gasteiger partial charge in [-0.05, 0) is 40.5 Å². The van der Waals surface area contributed by atoms with Gasteiger partial charge in [-0.2, -0.15) is 0 Å². The van der Waals surface area contributed by atoms with Crippen molar-refractivity contribution in [2.45, 2.75) is 11.1 Å². The number of hydrogen-bond donors (Lipinski definition) is 1. The van der Waals surface area contributed by atoms with E-state index in [2.05, 4.69) is 42.2 Å². The first kappa shape index (κ1) is 17.9. The van der Waals surface area contributed by atoms with Gasteiger partial charge in [-0.1, -0.05) is 38.9 Å². The van der Waals surface area contributed by atoms with Crippen molar-refractivity contribution in [2.75, 3.05) is 11.6 Å². The molecule has 10 heteroatoms. The van der Waals surface area contributed by atoms with Crippen LogP contribution in [0.2, 0.25) is 5.15 Å². The lowest BCUT2D eigenvalue weighted by Gasteiger charge is -2.07. The Labute approximate surface area is 153 Å². The van der Waals surface area contributed by atoms with Gasteiger partial charge in [-0.15, -0.1) is 0 Å². The molecule has 5 nitrogen and oxygen atoms in total. The molecule has 118 valence electrons. The number of thiazole rings is 1. The smallest absolute Gasteiger partial charge is 0.258 e. The average Bonchev–Trinajstić information content (AvgIpc) is 2.74. The van der Waals surface area contributed by atoms with Gasteiger partial charge in [0.15, 0.2) is 24.3 Å². The van der Waals surface area contributed by atoms with Crippen molar-refractivity contribution >= 4 is 75.7 Å². The van der Waals surface area contributed by atoms with Crippen LogP contribution in [0.15, 0.2) is 25.3 Å². The lowest BCUT2D eigenvalue weighted by atomic mass is 10.1. The zero-order chi connectivity index (χ0) is 16.7. The molecule has 0 unspecified atom stereocenters. The molecular weight excluding hydrogens is 480 g/mol. The Bertz CT molecular complexity index is 865. The Balaban J connectivity index is 2.35. The first-order valence-electron chi connectivity index (χ1n) is 5.73. The van der Waals surface area contributed by atoms with Gasteiger partial charge in [0.2, 0.25) is 0 Å². The maximum atomic E-state index is 12.3. The molecule has 2 aromatic rings. The molecule has 1 aromatic carbocycles. The summed E-state index contributed by atoms with van der Waals surface area (Å²) in [6, 6.07) is 3.52. The predicted molar refractivity (Wildman–Crippen MR) is 94.8 cm³/mol. The van der Waals surface area contributed by atoms with Crippen LogP contribution in [0, 0.1) is 6.92 Å². The number of nitrogens with zero attached hydrogens (tertiary/aromatic N) is 1. The molecule has 0 aliphatic carbocycles. The number of aryl methyl sites for hydroxylation is 1. The van der Waals surface area contributed by atoms with Crippen molar-refractivity contribution in [2.24, 2.45) is 0 Å². The number of amides is 1. The van der Waals surface area contributed by atoms with Crippen LogP contribution in [-0.2, 0) is 9.84 Å². The largest absolute Gasteiger partial charge is 0.298 e. The summed E-state index contributed by atoms with van der Waals surface area (Å²) in [6.45, 7) is 1.85. The second-order valence-corrected chi connectivity index (χ2v) is 9.68. The molecule has 0 saturated carbocycles. The first-order chi connectivity index (χ1) is 10.1. The quantitative estimate of drug-likeness (QED) is 0.700. The standard InChI is InChI=1S/C12H9Br2ClN2O3S2/c1-5-3-6(13)4-7(8(5)14)10(18)17-12-16-9(15)11(21-12)22(2,19)20/h3-4H,1-2H3,(H,16,17,18). The van der Waals surface area contributed by atoms with E-state index < -0.39 is 15.7 Å². The molecule has 0 bridgehead atoms. The van der Waals surface area contributed by atoms with Crippen LogP contribution in [0.5, 0.6) is 0 Å². The van der Waals surface area contributed by atoms with Gasteiger partial charge in [0.1, 0.15) is 0 Å². The van der Waals surface area contributed by atoms with Crippen LogP contribution in [0.25, 0.3) is 0 Å². The van der Waals surface area contributed by atoms with E-state index in [4.69, 9.17) is 11.6 Å². The van der Waals surface area contributed by atoms with E-state index in [0.29, 0.717) is 10.0 Å². The molecule has 0 spiro atoms. The third-order valence-electron chi connectivity index (χ3n) is 2.58. The fourth-order valence-electron chi connectivity index (χ4n) is 1.62. The minimum Gasteiger partial charge on any atom is -0.298 e. The minimum absolute atomic E-state index is 0.0750. The lowest BCUT2D eigenvalue weighted by molar-refractivity contribution is 0.102. The molecule has 1 amide bonds. The topological polar surface area (TPSA) is 76.1 Å². The Morgan fingerprint density at radius 3 is 2.55 bits per heavy atom. The van der Waals surface area contributed by atoms with Crippen molar-refractivity contribution in [3.05, 3.63) is 37.4 Å². The van der Waals surface area contributed by atoms with E-state index in [1.54, 1.807) is 6.07 Å². The molecule has 0 aliphatic rings. The van der Waals surface area contributed by atoms with Crippen LogP contribution >= 0.6 is 54.8 Å². The fraction of sp³-hybridized carbons (Fsp3) is 0.167. The van der Waals surface area contributed by atoms with Gasteiger partial charge in [-0.25, -0.2) is 13.4 Å². The normalized spacial score (nSPS) is 11.5. The SMILES string of the molecule is Cc1cc(Br)cc(C(=O)Nc2nc(Cl)c(S(C)(=O)=O)s2)c1Br. The molecule has 0 saturated heterocycles. The van der Waals surface area contributed by atoms with E-state index in [-0.39, 0.29) is 14.5 Å². The molecule has 0 radical (unpaired) electrons. The van der Waals surface area contributed by atoms with E-state index in [1.165, 1.54) is 0 Å². The Kier molecular flexibility index (Phi) is 5.33. The van der Waals surface area contributed by atoms with Gasteiger partial charge in [-0.3, -0.25) is 10.1 Å². The van der Waals surface area contributed by atoms with Crippen LogP contribution < -0.4 is 5.32 Å². The van der Waals surface area contributed by atoms with Crippen LogP contribution in [0.4, 0.5) is 5.13 Å². The molecule has 0 fully saturated rings. The number of aromatic nitrogens is 1. The summed E-state index contributed by atoms with van der Waals surface area (Å²) in [5, 5.41) is 2.53. The van der Waals surface area contributed by atoms with Gasteiger partial charge in [0.25, 0.3) is 5.91 Å². The number of anilines is 1. The zero-order valence-electron chi connectivity index (χ0n) is 11.3. The zero-order valence-corrected chi connectivity index (χ0v) is 16.8. The molecule has 0 aliphatic heterocycles. The maximum absolute atomic E-state index is 12.3. The van der Waals surface area contributed by atoms with Crippen molar-refractivity contribution < 1.29 is 13.2 Å². The van der Waals surface area contributed by atoms with E-state index in [0.717, 1.165) is 27.6 Å². The van der Waals surface area contributed by atoms with Gasteiger partial charge in [0.05, 0.1) is 5.56 Å². The number of carbonyl (C=O) groups excluding carboxylic acids is 1. The van der Waals surface area contributed by atoms with Gasteiger partial charge in [0, 0.05) is 15.2 Å². The maximum Gasteiger partial charge on any atom is 0.258 e. The summed E-state index contributed by atoms with van der Waals surface area (Å²) in [5.74, 6) is -0.415. The molecular formula is C12H9Br2ClN2O3S2. The highest BCUT2D eigenvalue weighted by atomic mass is 79.9.